The first-order valence-corrected chi connectivity index (χ1v) is 6.23. The van der Waals surface area contributed by atoms with Gasteiger partial charge < -0.3 is 4.74 Å². The first-order valence-electron chi connectivity index (χ1n) is 5.44. The smallest absolute Gasteiger partial charge is 0.346 e. The lowest BCUT2D eigenvalue weighted by atomic mass is 10.2. The number of non-ortho nitro benzene ring substituents is 1. The Hall–Kier alpha value is -2.55. The van der Waals surface area contributed by atoms with Gasteiger partial charge in [0.05, 0.1) is 15.9 Å². The van der Waals surface area contributed by atoms with Crippen LogP contribution < -0.4 is 4.74 Å². The lowest BCUT2D eigenvalue weighted by molar-refractivity contribution is -0.388. The Balaban J connectivity index is 2.46. The molecule has 0 aliphatic carbocycles. The van der Waals surface area contributed by atoms with E-state index in [9.17, 15) is 24.6 Å². The quantitative estimate of drug-likeness (QED) is 0.604. The Morgan fingerprint density at radius 2 is 1.81 bits per heavy atom. The average Bonchev–Trinajstić information content (AvgIpc) is 2.37. The SMILES string of the molecule is O=[N+]([O-])c1cc(Br)cc(Oc2cccc(F)c2[N+](=O)[O-])c1. The van der Waals surface area contributed by atoms with E-state index in [1.807, 2.05) is 0 Å². The molecular weight excluding hydrogens is 351 g/mol. The zero-order chi connectivity index (χ0) is 15.6. The lowest BCUT2D eigenvalue weighted by Crippen LogP contribution is -1.97. The zero-order valence-electron chi connectivity index (χ0n) is 10.2. The summed E-state index contributed by atoms with van der Waals surface area (Å²) in [5.41, 5.74) is -1.10. The van der Waals surface area contributed by atoms with Crippen molar-refractivity contribution in [2.24, 2.45) is 0 Å². The fourth-order valence-electron chi connectivity index (χ4n) is 1.59. The van der Waals surface area contributed by atoms with E-state index in [0.717, 1.165) is 12.1 Å². The number of hydrogen-bond acceptors (Lipinski definition) is 5. The molecule has 0 aromatic heterocycles. The maximum Gasteiger partial charge on any atom is 0.346 e. The molecule has 7 nitrogen and oxygen atoms in total. The van der Waals surface area contributed by atoms with E-state index in [-0.39, 0.29) is 17.2 Å². The fraction of sp³-hybridized carbons (Fsp3) is 0. The summed E-state index contributed by atoms with van der Waals surface area (Å²) in [4.78, 5) is 20.0. The summed E-state index contributed by atoms with van der Waals surface area (Å²) in [5, 5.41) is 21.6. The second-order valence-electron chi connectivity index (χ2n) is 3.85. The number of nitrogens with zero attached hydrogens (tertiary/aromatic N) is 2. The van der Waals surface area contributed by atoms with Crippen LogP contribution in [0.1, 0.15) is 0 Å². The summed E-state index contributed by atoms with van der Waals surface area (Å²) in [5.74, 6) is -1.42. The van der Waals surface area contributed by atoms with Gasteiger partial charge in [-0.1, -0.05) is 22.0 Å². The number of ether oxygens (including phenoxy) is 1. The van der Waals surface area contributed by atoms with Crippen molar-refractivity contribution in [2.45, 2.75) is 0 Å². The number of halogens is 2. The van der Waals surface area contributed by atoms with Crippen molar-refractivity contribution in [1.82, 2.24) is 0 Å². The molecule has 0 heterocycles. The highest BCUT2D eigenvalue weighted by Crippen LogP contribution is 2.35. The largest absolute Gasteiger partial charge is 0.450 e. The number of nitro groups is 2. The highest BCUT2D eigenvalue weighted by molar-refractivity contribution is 9.10. The number of nitro benzene ring substituents is 2. The molecule has 9 heteroatoms. The van der Waals surface area contributed by atoms with Gasteiger partial charge in [-0.3, -0.25) is 20.2 Å². The Labute approximate surface area is 125 Å². The van der Waals surface area contributed by atoms with Crippen LogP contribution in [0.25, 0.3) is 0 Å². The van der Waals surface area contributed by atoms with Crippen LogP contribution in [0, 0.1) is 26.0 Å². The second kappa shape index (κ2) is 5.83. The van der Waals surface area contributed by atoms with Gasteiger partial charge in [0.2, 0.25) is 11.6 Å². The van der Waals surface area contributed by atoms with E-state index in [0.29, 0.717) is 4.47 Å². The Kier molecular flexibility index (Phi) is 4.13. The predicted octanol–water partition coefficient (Wildman–Crippen LogP) is 4.20. The van der Waals surface area contributed by atoms with E-state index in [2.05, 4.69) is 15.9 Å². The van der Waals surface area contributed by atoms with Crippen molar-refractivity contribution in [3.8, 4) is 11.5 Å². The summed E-state index contributed by atoms with van der Waals surface area (Å²) in [6.45, 7) is 0. The van der Waals surface area contributed by atoms with Crippen molar-refractivity contribution in [2.75, 3.05) is 0 Å². The van der Waals surface area contributed by atoms with Crippen LogP contribution in [0.3, 0.4) is 0 Å². The van der Waals surface area contributed by atoms with E-state index in [1.54, 1.807) is 0 Å². The summed E-state index contributed by atoms with van der Waals surface area (Å²) in [6, 6.07) is 7.07. The topological polar surface area (TPSA) is 95.5 Å². The van der Waals surface area contributed by atoms with Gasteiger partial charge in [0.15, 0.2) is 0 Å². The second-order valence-corrected chi connectivity index (χ2v) is 4.76. The van der Waals surface area contributed by atoms with E-state index >= 15 is 0 Å². The van der Waals surface area contributed by atoms with Crippen LogP contribution in [0.2, 0.25) is 0 Å². The third-order valence-electron chi connectivity index (χ3n) is 2.43. The Bertz CT molecular complexity index is 738. The van der Waals surface area contributed by atoms with Gasteiger partial charge in [0.25, 0.3) is 5.69 Å². The predicted molar refractivity (Wildman–Crippen MR) is 73.9 cm³/mol. The van der Waals surface area contributed by atoms with Crippen molar-refractivity contribution < 1.29 is 19.0 Å². The molecule has 0 saturated carbocycles. The van der Waals surface area contributed by atoms with Crippen LogP contribution in [0.4, 0.5) is 15.8 Å². The van der Waals surface area contributed by atoms with Crippen LogP contribution in [-0.4, -0.2) is 9.85 Å². The third-order valence-corrected chi connectivity index (χ3v) is 2.88. The van der Waals surface area contributed by atoms with E-state index in [4.69, 9.17) is 4.74 Å². The molecular formula is C12H6BrFN2O5. The van der Waals surface area contributed by atoms with Gasteiger partial charge in [-0.05, 0) is 18.2 Å². The van der Waals surface area contributed by atoms with Gasteiger partial charge >= 0.3 is 5.69 Å². The van der Waals surface area contributed by atoms with Crippen molar-refractivity contribution in [3.05, 3.63) is 66.9 Å². The van der Waals surface area contributed by atoms with Gasteiger partial charge in [-0.2, -0.15) is 4.39 Å². The molecule has 108 valence electrons. The molecule has 0 bridgehead atoms. The fourth-order valence-corrected chi connectivity index (χ4v) is 2.05. The summed E-state index contributed by atoms with van der Waals surface area (Å²) >= 11 is 3.06. The van der Waals surface area contributed by atoms with Crippen LogP contribution >= 0.6 is 15.9 Å². The van der Waals surface area contributed by atoms with Crippen LogP contribution in [0.15, 0.2) is 40.9 Å². The standard InChI is InChI=1S/C12H6BrFN2O5/c13-7-4-8(15(17)18)6-9(5-7)21-11-3-1-2-10(14)12(11)16(19)20/h1-6H. The highest BCUT2D eigenvalue weighted by atomic mass is 79.9. The maximum absolute atomic E-state index is 13.5. The van der Waals surface area contributed by atoms with Crippen molar-refractivity contribution in [3.63, 3.8) is 0 Å². The molecule has 0 radical (unpaired) electrons. The number of para-hydroxylation sites is 1. The highest BCUT2D eigenvalue weighted by Gasteiger charge is 2.22. The third kappa shape index (κ3) is 3.31. The number of rotatable bonds is 4. The molecule has 2 rings (SSSR count). The molecule has 0 saturated heterocycles. The number of hydrogen-bond donors (Lipinski definition) is 0. The van der Waals surface area contributed by atoms with E-state index in [1.165, 1.54) is 24.3 Å². The van der Waals surface area contributed by atoms with Gasteiger partial charge in [-0.25, -0.2) is 0 Å². The summed E-state index contributed by atoms with van der Waals surface area (Å²) in [6.07, 6.45) is 0. The molecule has 0 N–H and O–H groups in total. The zero-order valence-corrected chi connectivity index (χ0v) is 11.7. The summed E-state index contributed by atoms with van der Waals surface area (Å²) in [7, 11) is 0. The molecule has 2 aromatic rings. The minimum absolute atomic E-state index is 0.0234. The average molecular weight is 357 g/mol. The summed E-state index contributed by atoms with van der Waals surface area (Å²) < 4.78 is 19.0. The molecule has 0 amide bonds. The first-order chi connectivity index (χ1) is 9.88. The van der Waals surface area contributed by atoms with Gasteiger partial charge in [-0.15, -0.1) is 0 Å². The van der Waals surface area contributed by atoms with Gasteiger partial charge in [0.1, 0.15) is 5.75 Å². The van der Waals surface area contributed by atoms with E-state index < -0.39 is 21.4 Å². The molecule has 21 heavy (non-hydrogen) atoms. The minimum Gasteiger partial charge on any atom is -0.450 e. The molecule has 0 aliphatic rings. The first kappa shape index (κ1) is 14.9. The van der Waals surface area contributed by atoms with Crippen molar-refractivity contribution in [1.29, 1.82) is 0 Å². The van der Waals surface area contributed by atoms with Gasteiger partial charge in [0, 0.05) is 10.5 Å². The van der Waals surface area contributed by atoms with Crippen molar-refractivity contribution >= 4 is 27.3 Å². The Morgan fingerprint density at radius 3 is 2.43 bits per heavy atom. The minimum atomic E-state index is -1.05. The molecule has 0 spiro atoms. The normalized spacial score (nSPS) is 10.2. The molecule has 0 aliphatic heterocycles. The van der Waals surface area contributed by atoms with Crippen LogP contribution in [-0.2, 0) is 0 Å². The Morgan fingerprint density at radius 1 is 1.10 bits per heavy atom. The maximum atomic E-state index is 13.5. The molecule has 0 fully saturated rings. The lowest BCUT2D eigenvalue weighted by Gasteiger charge is -2.07. The van der Waals surface area contributed by atoms with Crippen LogP contribution in [0.5, 0.6) is 11.5 Å². The molecule has 0 unspecified atom stereocenters. The monoisotopic (exact) mass is 356 g/mol. The number of benzene rings is 2. The molecule has 0 atom stereocenters. The molecule has 2 aromatic carbocycles.